The van der Waals surface area contributed by atoms with E-state index in [1.54, 1.807) is 0 Å². The van der Waals surface area contributed by atoms with E-state index in [0.717, 1.165) is 23.9 Å². The van der Waals surface area contributed by atoms with Crippen molar-refractivity contribution in [3.05, 3.63) is 34.3 Å². The van der Waals surface area contributed by atoms with Gasteiger partial charge in [-0.25, -0.2) is 0 Å². The van der Waals surface area contributed by atoms with Crippen LogP contribution in [-0.4, -0.2) is 24.7 Å². The zero-order valence-electron chi connectivity index (χ0n) is 9.78. The van der Waals surface area contributed by atoms with Crippen LogP contribution in [-0.2, 0) is 4.74 Å². The third kappa shape index (κ3) is 3.30. The summed E-state index contributed by atoms with van der Waals surface area (Å²) in [5.74, 6) is -0.0412. The van der Waals surface area contributed by atoms with Crippen LogP contribution in [0.4, 0.5) is 0 Å². The quantitative estimate of drug-likeness (QED) is 0.932. The molecule has 92 valence electrons. The fourth-order valence-corrected chi connectivity index (χ4v) is 2.25. The molecule has 0 unspecified atom stereocenters. The second-order valence-electron chi connectivity index (χ2n) is 4.32. The van der Waals surface area contributed by atoms with Gasteiger partial charge < -0.3 is 10.1 Å². The Morgan fingerprint density at radius 1 is 1.47 bits per heavy atom. The van der Waals surface area contributed by atoms with E-state index in [1.165, 1.54) is 0 Å². The maximum atomic E-state index is 11.9. The SMILES string of the molecule is C[C@H](NC(=O)c1ccc(Br)cc1)[C@H]1CCCO1. The van der Waals surface area contributed by atoms with Crippen molar-refractivity contribution in [1.82, 2.24) is 5.32 Å². The van der Waals surface area contributed by atoms with Gasteiger partial charge in [-0.1, -0.05) is 15.9 Å². The molecule has 1 aliphatic rings. The van der Waals surface area contributed by atoms with Crippen LogP contribution < -0.4 is 5.32 Å². The van der Waals surface area contributed by atoms with Gasteiger partial charge in [0.15, 0.2) is 0 Å². The topological polar surface area (TPSA) is 38.3 Å². The Labute approximate surface area is 110 Å². The lowest BCUT2D eigenvalue weighted by Gasteiger charge is -2.19. The van der Waals surface area contributed by atoms with Gasteiger partial charge in [0.1, 0.15) is 0 Å². The molecule has 1 fully saturated rings. The van der Waals surface area contributed by atoms with Crippen LogP contribution in [0, 0.1) is 0 Å². The fourth-order valence-electron chi connectivity index (χ4n) is 1.98. The highest BCUT2D eigenvalue weighted by Gasteiger charge is 2.23. The van der Waals surface area contributed by atoms with E-state index in [4.69, 9.17) is 4.74 Å². The minimum absolute atomic E-state index is 0.0412. The fraction of sp³-hybridized carbons (Fsp3) is 0.462. The van der Waals surface area contributed by atoms with Crippen LogP contribution in [0.1, 0.15) is 30.1 Å². The van der Waals surface area contributed by atoms with E-state index < -0.39 is 0 Å². The van der Waals surface area contributed by atoms with Crippen LogP contribution in [0.3, 0.4) is 0 Å². The summed E-state index contributed by atoms with van der Waals surface area (Å²) in [5.41, 5.74) is 0.679. The van der Waals surface area contributed by atoms with Gasteiger partial charge in [0, 0.05) is 16.6 Å². The number of nitrogens with one attached hydrogen (secondary N) is 1. The molecule has 0 spiro atoms. The van der Waals surface area contributed by atoms with Crippen LogP contribution >= 0.6 is 15.9 Å². The van der Waals surface area contributed by atoms with E-state index in [-0.39, 0.29) is 18.1 Å². The Morgan fingerprint density at radius 2 is 2.18 bits per heavy atom. The van der Waals surface area contributed by atoms with Crippen LogP contribution in [0.25, 0.3) is 0 Å². The Kier molecular flexibility index (Phi) is 4.18. The molecule has 0 aliphatic carbocycles. The van der Waals surface area contributed by atoms with Gasteiger partial charge >= 0.3 is 0 Å². The van der Waals surface area contributed by atoms with E-state index in [0.29, 0.717) is 5.56 Å². The largest absolute Gasteiger partial charge is 0.376 e. The normalized spacial score (nSPS) is 21.2. The number of carbonyl (C=O) groups excluding carboxylic acids is 1. The first-order valence-corrected chi connectivity index (χ1v) is 6.64. The molecule has 4 heteroatoms. The first kappa shape index (κ1) is 12.6. The summed E-state index contributed by atoms with van der Waals surface area (Å²) >= 11 is 3.35. The number of carbonyl (C=O) groups is 1. The Bertz CT molecular complexity index is 385. The lowest BCUT2D eigenvalue weighted by Crippen LogP contribution is -2.40. The number of amides is 1. The van der Waals surface area contributed by atoms with Crippen molar-refractivity contribution in [2.45, 2.75) is 31.9 Å². The van der Waals surface area contributed by atoms with E-state index >= 15 is 0 Å². The van der Waals surface area contributed by atoms with Crippen molar-refractivity contribution in [2.75, 3.05) is 6.61 Å². The molecule has 1 N–H and O–H groups in total. The Hall–Kier alpha value is -0.870. The molecule has 1 heterocycles. The highest BCUT2D eigenvalue weighted by molar-refractivity contribution is 9.10. The summed E-state index contributed by atoms with van der Waals surface area (Å²) in [6.07, 6.45) is 2.28. The van der Waals surface area contributed by atoms with E-state index in [1.807, 2.05) is 31.2 Å². The minimum Gasteiger partial charge on any atom is -0.376 e. The third-order valence-electron chi connectivity index (χ3n) is 2.99. The molecule has 1 aliphatic heterocycles. The second-order valence-corrected chi connectivity index (χ2v) is 5.24. The number of halogens is 1. The molecule has 17 heavy (non-hydrogen) atoms. The summed E-state index contributed by atoms with van der Waals surface area (Å²) in [5, 5.41) is 2.98. The number of rotatable bonds is 3. The first-order valence-electron chi connectivity index (χ1n) is 5.85. The van der Waals surface area contributed by atoms with Gasteiger partial charge in [0.2, 0.25) is 0 Å². The van der Waals surface area contributed by atoms with Gasteiger partial charge in [0.05, 0.1) is 12.1 Å². The minimum atomic E-state index is -0.0412. The summed E-state index contributed by atoms with van der Waals surface area (Å²) in [4.78, 5) is 11.9. The highest BCUT2D eigenvalue weighted by atomic mass is 79.9. The summed E-state index contributed by atoms with van der Waals surface area (Å²) in [6.45, 7) is 2.80. The monoisotopic (exact) mass is 297 g/mol. The van der Waals surface area contributed by atoms with Gasteiger partial charge in [-0.05, 0) is 44.0 Å². The second kappa shape index (κ2) is 5.65. The Balaban J connectivity index is 1.94. The zero-order valence-corrected chi connectivity index (χ0v) is 11.4. The summed E-state index contributed by atoms with van der Waals surface area (Å²) in [6, 6.07) is 7.41. The van der Waals surface area contributed by atoms with Gasteiger partial charge in [-0.3, -0.25) is 4.79 Å². The van der Waals surface area contributed by atoms with Crippen molar-refractivity contribution >= 4 is 21.8 Å². The molecule has 0 aromatic heterocycles. The average molecular weight is 298 g/mol. The molecule has 0 radical (unpaired) electrons. The van der Waals surface area contributed by atoms with Crippen molar-refractivity contribution in [1.29, 1.82) is 0 Å². The van der Waals surface area contributed by atoms with Crippen LogP contribution in [0.15, 0.2) is 28.7 Å². The zero-order chi connectivity index (χ0) is 12.3. The molecular weight excluding hydrogens is 282 g/mol. The van der Waals surface area contributed by atoms with E-state index in [9.17, 15) is 4.79 Å². The number of hydrogen-bond donors (Lipinski definition) is 1. The number of hydrogen-bond acceptors (Lipinski definition) is 2. The van der Waals surface area contributed by atoms with Crippen LogP contribution in [0.2, 0.25) is 0 Å². The van der Waals surface area contributed by atoms with E-state index in [2.05, 4.69) is 21.2 Å². The summed E-state index contributed by atoms with van der Waals surface area (Å²) in [7, 11) is 0. The van der Waals surface area contributed by atoms with Crippen LogP contribution in [0.5, 0.6) is 0 Å². The molecular formula is C13H16BrNO2. The molecule has 2 atom stereocenters. The molecule has 0 bridgehead atoms. The molecule has 1 aromatic carbocycles. The predicted octanol–water partition coefficient (Wildman–Crippen LogP) is 2.75. The van der Waals surface area contributed by atoms with Gasteiger partial charge in [-0.2, -0.15) is 0 Å². The molecule has 2 rings (SSSR count). The number of ether oxygens (including phenoxy) is 1. The molecule has 3 nitrogen and oxygen atoms in total. The van der Waals surface area contributed by atoms with Gasteiger partial charge in [0.25, 0.3) is 5.91 Å². The Morgan fingerprint density at radius 3 is 2.76 bits per heavy atom. The molecule has 0 saturated carbocycles. The van der Waals surface area contributed by atoms with Crippen molar-refractivity contribution in [3.8, 4) is 0 Å². The third-order valence-corrected chi connectivity index (χ3v) is 3.52. The lowest BCUT2D eigenvalue weighted by molar-refractivity contribution is 0.0712. The number of benzene rings is 1. The first-order chi connectivity index (χ1) is 8.16. The smallest absolute Gasteiger partial charge is 0.251 e. The maximum Gasteiger partial charge on any atom is 0.251 e. The predicted molar refractivity (Wildman–Crippen MR) is 70.0 cm³/mol. The molecule has 1 saturated heterocycles. The van der Waals surface area contributed by atoms with Crippen molar-refractivity contribution < 1.29 is 9.53 Å². The highest BCUT2D eigenvalue weighted by Crippen LogP contribution is 2.16. The molecule has 1 aromatic rings. The molecule has 1 amide bonds. The lowest BCUT2D eigenvalue weighted by atomic mass is 10.1. The average Bonchev–Trinajstić information content (AvgIpc) is 2.83. The maximum absolute atomic E-state index is 11.9. The van der Waals surface area contributed by atoms with Crippen molar-refractivity contribution in [3.63, 3.8) is 0 Å². The summed E-state index contributed by atoms with van der Waals surface area (Å²) < 4.78 is 6.52. The van der Waals surface area contributed by atoms with Crippen molar-refractivity contribution in [2.24, 2.45) is 0 Å². The van der Waals surface area contributed by atoms with Gasteiger partial charge in [-0.15, -0.1) is 0 Å². The standard InChI is InChI=1S/C13H16BrNO2/c1-9(12-3-2-8-17-12)15-13(16)10-4-6-11(14)7-5-10/h4-7,9,12H,2-3,8H2,1H3,(H,15,16)/t9-,12+/m0/s1.